The molecule has 1 amide bonds. The van der Waals surface area contributed by atoms with Crippen LogP contribution in [0.5, 0.6) is 0 Å². The highest BCUT2D eigenvalue weighted by Crippen LogP contribution is 2.23. The third kappa shape index (κ3) is 4.45. The van der Waals surface area contributed by atoms with Gasteiger partial charge in [-0.05, 0) is 30.4 Å². The number of nitrogens with one attached hydrogen (secondary N) is 1. The monoisotopic (exact) mass is 339 g/mol. The normalized spacial score (nSPS) is 20.8. The lowest BCUT2D eigenvalue weighted by Crippen LogP contribution is -2.38. The lowest BCUT2D eigenvalue weighted by atomic mass is 9.98. The Kier molecular flexibility index (Phi) is 5.46. The fourth-order valence-corrected chi connectivity index (χ4v) is 3.06. The molecule has 3 rings (SSSR count). The van der Waals surface area contributed by atoms with Crippen LogP contribution in [0.1, 0.15) is 30.0 Å². The van der Waals surface area contributed by atoms with Crippen molar-refractivity contribution in [2.75, 3.05) is 0 Å². The zero-order chi connectivity index (χ0) is 17.6. The van der Waals surface area contributed by atoms with Gasteiger partial charge >= 0.3 is 5.97 Å². The second-order valence-corrected chi connectivity index (χ2v) is 6.19. The summed E-state index contributed by atoms with van der Waals surface area (Å²) < 4.78 is 5.36. The summed E-state index contributed by atoms with van der Waals surface area (Å²) in [5.41, 5.74) is 2.12. The Balaban J connectivity index is 1.71. The van der Waals surface area contributed by atoms with Crippen LogP contribution < -0.4 is 5.32 Å². The largest absolute Gasteiger partial charge is 0.479 e. The van der Waals surface area contributed by atoms with Crippen molar-refractivity contribution in [3.8, 4) is 0 Å². The second kappa shape index (κ2) is 7.94. The molecule has 5 nitrogen and oxygen atoms in total. The summed E-state index contributed by atoms with van der Waals surface area (Å²) in [7, 11) is 0. The van der Waals surface area contributed by atoms with E-state index in [2.05, 4.69) is 5.32 Å². The average Bonchev–Trinajstić information content (AvgIpc) is 3.13. The van der Waals surface area contributed by atoms with Gasteiger partial charge in [-0.15, -0.1) is 0 Å². The molecule has 0 saturated carbocycles. The van der Waals surface area contributed by atoms with Gasteiger partial charge in [-0.3, -0.25) is 4.79 Å². The molecule has 5 heteroatoms. The Hall–Kier alpha value is -2.66. The lowest BCUT2D eigenvalue weighted by molar-refractivity contribution is -0.151. The highest BCUT2D eigenvalue weighted by atomic mass is 16.5. The van der Waals surface area contributed by atoms with E-state index in [4.69, 9.17) is 9.84 Å². The summed E-state index contributed by atoms with van der Waals surface area (Å²) in [6.45, 7) is 0. The van der Waals surface area contributed by atoms with Crippen LogP contribution in [0.3, 0.4) is 0 Å². The van der Waals surface area contributed by atoms with E-state index in [9.17, 15) is 9.59 Å². The summed E-state index contributed by atoms with van der Waals surface area (Å²) in [5, 5.41) is 12.0. The third-order valence-corrected chi connectivity index (χ3v) is 4.39. The van der Waals surface area contributed by atoms with Crippen molar-refractivity contribution in [2.45, 2.75) is 37.5 Å². The minimum atomic E-state index is -1.01. The van der Waals surface area contributed by atoms with Crippen LogP contribution in [-0.2, 0) is 20.7 Å². The Bertz CT molecular complexity index is 717. The van der Waals surface area contributed by atoms with E-state index < -0.39 is 18.2 Å². The molecule has 0 aromatic heterocycles. The van der Waals surface area contributed by atoms with Gasteiger partial charge in [-0.25, -0.2) is 4.79 Å². The lowest BCUT2D eigenvalue weighted by Gasteiger charge is -2.21. The summed E-state index contributed by atoms with van der Waals surface area (Å²) >= 11 is 0. The van der Waals surface area contributed by atoms with Gasteiger partial charge in [0.15, 0.2) is 6.10 Å². The number of amides is 1. The molecule has 1 fully saturated rings. The maximum absolute atomic E-state index is 12.6. The van der Waals surface area contributed by atoms with Crippen LogP contribution in [0, 0.1) is 0 Å². The van der Waals surface area contributed by atoms with Crippen LogP contribution in [0.4, 0.5) is 0 Å². The first-order valence-corrected chi connectivity index (χ1v) is 8.41. The summed E-state index contributed by atoms with van der Waals surface area (Å²) in [5.74, 6) is -1.27. The second-order valence-electron chi connectivity index (χ2n) is 6.19. The van der Waals surface area contributed by atoms with Crippen molar-refractivity contribution < 1.29 is 19.4 Å². The number of benzene rings is 2. The van der Waals surface area contributed by atoms with Gasteiger partial charge in [0.1, 0.15) is 6.10 Å². The summed E-state index contributed by atoms with van der Waals surface area (Å²) in [6, 6.07) is 19.5. The third-order valence-electron chi connectivity index (χ3n) is 4.39. The predicted molar refractivity (Wildman–Crippen MR) is 93.0 cm³/mol. The quantitative estimate of drug-likeness (QED) is 0.848. The molecule has 1 unspecified atom stereocenters. The minimum absolute atomic E-state index is 0.191. The number of carboxylic acid groups (broad SMARTS) is 1. The number of carbonyl (C=O) groups excluding carboxylic acids is 1. The standard InChI is InChI=1S/C20H21NO4/c22-19(17-11-12-18(25-17)20(23)24)21-16(15-9-5-2-6-10-15)13-14-7-3-1-4-8-14/h1-10,16-18H,11-13H2,(H,21,22)(H,23,24)/t16?,17-,18+/m0/s1. The molecule has 25 heavy (non-hydrogen) atoms. The topological polar surface area (TPSA) is 75.6 Å². The number of hydrogen-bond acceptors (Lipinski definition) is 3. The maximum Gasteiger partial charge on any atom is 0.332 e. The summed E-state index contributed by atoms with van der Waals surface area (Å²) in [4.78, 5) is 23.6. The molecule has 2 aromatic rings. The van der Waals surface area contributed by atoms with Crippen molar-refractivity contribution in [1.29, 1.82) is 0 Å². The fraction of sp³-hybridized carbons (Fsp3) is 0.300. The minimum Gasteiger partial charge on any atom is -0.479 e. The van der Waals surface area contributed by atoms with Gasteiger partial charge in [-0.1, -0.05) is 60.7 Å². The smallest absolute Gasteiger partial charge is 0.332 e. The molecule has 0 bridgehead atoms. The van der Waals surface area contributed by atoms with E-state index in [0.717, 1.165) is 11.1 Å². The molecule has 0 radical (unpaired) electrons. The van der Waals surface area contributed by atoms with Crippen LogP contribution in [0.25, 0.3) is 0 Å². The van der Waals surface area contributed by atoms with Gasteiger partial charge in [0.25, 0.3) is 0 Å². The van der Waals surface area contributed by atoms with Crippen LogP contribution in [0.2, 0.25) is 0 Å². The van der Waals surface area contributed by atoms with E-state index in [-0.39, 0.29) is 11.9 Å². The Morgan fingerprint density at radius 3 is 2.20 bits per heavy atom. The van der Waals surface area contributed by atoms with Crippen molar-refractivity contribution in [1.82, 2.24) is 5.32 Å². The molecule has 2 aromatic carbocycles. The molecule has 0 spiro atoms. The van der Waals surface area contributed by atoms with E-state index in [1.807, 2.05) is 60.7 Å². The Labute approximate surface area is 146 Å². The van der Waals surface area contributed by atoms with E-state index >= 15 is 0 Å². The Morgan fingerprint density at radius 1 is 1.00 bits per heavy atom. The van der Waals surface area contributed by atoms with Gasteiger partial charge in [0.05, 0.1) is 6.04 Å². The van der Waals surface area contributed by atoms with E-state index in [1.165, 1.54) is 0 Å². The van der Waals surface area contributed by atoms with Gasteiger partial charge in [0, 0.05) is 0 Å². The first kappa shape index (κ1) is 17.2. The highest BCUT2D eigenvalue weighted by molar-refractivity contribution is 5.83. The zero-order valence-electron chi connectivity index (χ0n) is 13.8. The SMILES string of the molecule is O=C(NC(Cc1ccccc1)c1ccccc1)[C@@H]1CC[C@H](C(=O)O)O1. The number of carbonyl (C=O) groups is 2. The van der Waals surface area contributed by atoms with Crippen molar-refractivity contribution in [3.63, 3.8) is 0 Å². The fourth-order valence-electron chi connectivity index (χ4n) is 3.06. The molecule has 1 aliphatic rings. The Morgan fingerprint density at radius 2 is 1.60 bits per heavy atom. The number of carboxylic acids is 1. The van der Waals surface area contributed by atoms with Crippen LogP contribution in [0.15, 0.2) is 60.7 Å². The first-order valence-electron chi connectivity index (χ1n) is 8.41. The number of hydrogen-bond donors (Lipinski definition) is 2. The van der Waals surface area contributed by atoms with Gasteiger partial charge < -0.3 is 15.2 Å². The summed E-state index contributed by atoms with van der Waals surface area (Å²) in [6.07, 6.45) is -0.146. The van der Waals surface area contributed by atoms with Crippen LogP contribution in [-0.4, -0.2) is 29.2 Å². The molecule has 1 heterocycles. The van der Waals surface area contributed by atoms with Gasteiger partial charge in [-0.2, -0.15) is 0 Å². The maximum atomic E-state index is 12.6. The highest BCUT2D eigenvalue weighted by Gasteiger charge is 2.35. The average molecular weight is 339 g/mol. The van der Waals surface area contributed by atoms with Crippen molar-refractivity contribution >= 4 is 11.9 Å². The molecule has 1 saturated heterocycles. The van der Waals surface area contributed by atoms with E-state index in [0.29, 0.717) is 19.3 Å². The number of aliphatic carboxylic acids is 1. The predicted octanol–water partition coefficient (Wildman–Crippen LogP) is 2.72. The first-order chi connectivity index (χ1) is 12.1. The molecular weight excluding hydrogens is 318 g/mol. The van der Waals surface area contributed by atoms with Crippen LogP contribution >= 0.6 is 0 Å². The van der Waals surface area contributed by atoms with Crippen molar-refractivity contribution in [3.05, 3.63) is 71.8 Å². The molecule has 1 aliphatic heterocycles. The molecule has 2 N–H and O–H groups in total. The molecular formula is C20H21NO4. The molecule has 130 valence electrons. The molecule has 3 atom stereocenters. The number of rotatable bonds is 6. The van der Waals surface area contributed by atoms with Crippen molar-refractivity contribution in [2.24, 2.45) is 0 Å². The van der Waals surface area contributed by atoms with Gasteiger partial charge in [0.2, 0.25) is 5.91 Å². The zero-order valence-corrected chi connectivity index (χ0v) is 13.8. The molecule has 0 aliphatic carbocycles. The van der Waals surface area contributed by atoms with E-state index in [1.54, 1.807) is 0 Å². The number of ether oxygens (including phenoxy) is 1.